The van der Waals surface area contributed by atoms with Crippen molar-refractivity contribution in [2.24, 2.45) is 0 Å². The molecule has 1 N–H and O–H groups in total. The van der Waals surface area contributed by atoms with Crippen LogP contribution in [0.1, 0.15) is 21.5 Å². The Bertz CT molecular complexity index is 914. The van der Waals surface area contributed by atoms with Crippen molar-refractivity contribution in [2.75, 3.05) is 12.4 Å². The van der Waals surface area contributed by atoms with E-state index in [-0.39, 0.29) is 12.3 Å². The van der Waals surface area contributed by atoms with Gasteiger partial charge in [-0.1, -0.05) is 60.2 Å². The van der Waals surface area contributed by atoms with E-state index in [9.17, 15) is 9.59 Å². The fourth-order valence-corrected chi connectivity index (χ4v) is 3.63. The van der Waals surface area contributed by atoms with Gasteiger partial charge in [0, 0.05) is 10.9 Å². The molecule has 0 aliphatic carbocycles. The summed E-state index contributed by atoms with van der Waals surface area (Å²) >= 11 is 1.33. The zero-order valence-electron chi connectivity index (χ0n) is 14.6. The van der Waals surface area contributed by atoms with Gasteiger partial charge in [0.2, 0.25) is 5.91 Å². The lowest BCUT2D eigenvalue weighted by Crippen LogP contribution is -2.16. The summed E-state index contributed by atoms with van der Waals surface area (Å²) < 4.78 is 4.94. The van der Waals surface area contributed by atoms with E-state index < -0.39 is 5.97 Å². The summed E-state index contributed by atoms with van der Waals surface area (Å²) in [4.78, 5) is 24.7. The van der Waals surface area contributed by atoms with Crippen molar-refractivity contribution in [2.45, 2.75) is 13.3 Å². The fraction of sp³-hybridized carbons (Fsp3) is 0.143. The first-order chi connectivity index (χ1) is 12.6. The van der Waals surface area contributed by atoms with Gasteiger partial charge in [-0.15, -0.1) is 11.3 Å². The van der Waals surface area contributed by atoms with Crippen LogP contribution >= 0.6 is 11.3 Å². The monoisotopic (exact) mass is 365 g/mol. The number of thiophene rings is 1. The molecular formula is C21H19NO3S. The number of aryl methyl sites for hydroxylation is 1. The molecular weight excluding hydrogens is 346 g/mol. The number of amides is 1. The SMILES string of the molecule is COC(=O)c1c(-c2ccc(C)cc2)csc1NC(=O)Cc1ccccc1. The van der Waals surface area contributed by atoms with Crippen LogP contribution in [0.5, 0.6) is 0 Å². The molecule has 0 aliphatic rings. The standard InChI is InChI=1S/C21H19NO3S/c1-14-8-10-16(11-9-14)17-13-26-20(19(17)21(24)25-2)22-18(23)12-15-6-4-3-5-7-15/h3-11,13H,12H2,1-2H3,(H,22,23). The van der Waals surface area contributed by atoms with Crippen LogP contribution in [-0.2, 0) is 16.0 Å². The topological polar surface area (TPSA) is 55.4 Å². The van der Waals surface area contributed by atoms with Gasteiger partial charge in [-0.2, -0.15) is 0 Å². The third kappa shape index (κ3) is 4.00. The lowest BCUT2D eigenvalue weighted by atomic mass is 10.0. The summed E-state index contributed by atoms with van der Waals surface area (Å²) in [5, 5.41) is 5.23. The summed E-state index contributed by atoms with van der Waals surface area (Å²) in [5.74, 6) is -0.629. The number of hydrogen-bond donors (Lipinski definition) is 1. The predicted octanol–water partition coefficient (Wildman–Crippen LogP) is 4.69. The lowest BCUT2D eigenvalue weighted by molar-refractivity contribution is -0.115. The number of rotatable bonds is 5. The van der Waals surface area contributed by atoms with Gasteiger partial charge in [0.05, 0.1) is 13.5 Å². The molecule has 4 nitrogen and oxygen atoms in total. The normalized spacial score (nSPS) is 10.4. The molecule has 5 heteroatoms. The molecule has 3 aromatic rings. The van der Waals surface area contributed by atoms with E-state index in [0.29, 0.717) is 10.6 Å². The first-order valence-corrected chi connectivity index (χ1v) is 9.07. The van der Waals surface area contributed by atoms with E-state index in [2.05, 4.69) is 5.32 Å². The van der Waals surface area contributed by atoms with Gasteiger partial charge in [0.25, 0.3) is 0 Å². The molecule has 132 valence electrons. The smallest absolute Gasteiger partial charge is 0.341 e. The minimum absolute atomic E-state index is 0.168. The van der Waals surface area contributed by atoms with Crippen LogP contribution in [0.15, 0.2) is 60.0 Å². The van der Waals surface area contributed by atoms with Crippen molar-refractivity contribution < 1.29 is 14.3 Å². The van der Waals surface area contributed by atoms with Gasteiger partial charge < -0.3 is 10.1 Å². The Morgan fingerprint density at radius 1 is 1.04 bits per heavy atom. The Hall–Kier alpha value is -2.92. The third-order valence-electron chi connectivity index (χ3n) is 4.00. The molecule has 26 heavy (non-hydrogen) atoms. The number of ether oxygens (including phenoxy) is 1. The molecule has 0 spiro atoms. The summed E-state index contributed by atoms with van der Waals surface area (Å²) in [6.45, 7) is 2.01. The summed E-state index contributed by atoms with van der Waals surface area (Å²) in [7, 11) is 1.34. The van der Waals surface area contributed by atoms with Crippen LogP contribution < -0.4 is 5.32 Å². The van der Waals surface area contributed by atoms with Crippen molar-refractivity contribution in [1.29, 1.82) is 0 Å². The van der Waals surface area contributed by atoms with E-state index in [1.807, 2.05) is 66.9 Å². The Morgan fingerprint density at radius 2 is 1.73 bits per heavy atom. The molecule has 0 radical (unpaired) electrons. The lowest BCUT2D eigenvalue weighted by Gasteiger charge is -2.08. The van der Waals surface area contributed by atoms with Gasteiger partial charge >= 0.3 is 5.97 Å². The molecule has 1 heterocycles. The molecule has 0 saturated heterocycles. The average Bonchev–Trinajstić information content (AvgIpc) is 3.06. The van der Waals surface area contributed by atoms with Crippen LogP contribution in [0.2, 0.25) is 0 Å². The van der Waals surface area contributed by atoms with Crippen molar-refractivity contribution >= 4 is 28.2 Å². The van der Waals surface area contributed by atoms with Crippen molar-refractivity contribution in [3.8, 4) is 11.1 Å². The fourth-order valence-electron chi connectivity index (χ4n) is 2.65. The summed E-state index contributed by atoms with van der Waals surface area (Å²) in [6.07, 6.45) is 0.249. The maximum atomic E-state index is 12.4. The Balaban J connectivity index is 1.88. The number of carbonyl (C=O) groups excluding carboxylic acids is 2. The van der Waals surface area contributed by atoms with Gasteiger partial charge in [-0.05, 0) is 18.1 Å². The van der Waals surface area contributed by atoms with Crippen LogP contribution in [-0.4, -0.2) is 19.0 Å². The van der Waals surface area contributed by atoms with Crippen molar-refractivity contribution in [3.05, 3.63) is 76.7 Å². The molecule has 0 unspecified atom stereocenters. The number of benzene rings is 2. The van der Waals surface area contributed by atoms with Crippen molar-refractivity contribution in [1.82, 2.24) is 0 Å². The van der Waals surface area contributed by atoms with Gasteiger partial charge in [-0.25, -0.2) is 4.79 Å². The van der Waals surface area contributed by atoms with E-state index in [1.165, 1.54) is 18.4 Å². The highest BCUT2D eigenvalue weighted by Crippen LogP contribution is 2.36. The van der Waals surface area contributed by atoms with Crippen LogP contribution in [0.25, 0.3) is 11.1 Å². The van der Waals surface area contributed by atoms with Crippen LogP contribution in [0.3, 0.4) is 0 Å². The highest BCUT2D eigenvalue weighted by atomic mass is 32.1. The second-order valence-corrected chi connectivity index (χ2v) is 6.80. The number of esters is 1. The van der Waals surface area contributed by atoms with Crippen LogP contribution in [0, 0.1) is 6.92 Å². The Labute approximate surface area is 156 Å². The van der Waals surface area contributed by atoms with E-state index in [0.717, 1.165) is 22.3 Å². The molecule has 3 rings (SSSR count). The predicted molar refractivity (Wildman–Crippen MR) is 105 cm³/mol. The first-order valence-electron chi connectivity index (χ1n) is 8.19. The minimum Gasteiger partial charge on any atom is -0.465 e. The highest BCUT2D eigenvalue weighted by molar-refractivity contribution is 7.15. The van der Waals surface area contributed by atoms with E-state index in [1.54, 1.807) is 0 Å². The maximum absolute atomic E-state index is 12.4. The maximum Gasteiger partial charge on any atom is 0.341 e. The molecule has 0 aliphatic heterocycles. The molecule has 1 aromatic heterocycles. The van der Waals surface area contributed by atoms with E-state index >= 15 is 0 Å². The number of nitrogens with one attached hydrogen (secondary N) is 1. The molecule has 1 amide bonds. The van der Waals surface area contributed by atoms with Crippen LogP contribution in [0.4, 0.5) is 5.00 Å². The molecule has 2 aromatic carbocycles. The highest BCUT2D eigenvalue weighted by Gasteiger charge is 2.22. The largest absolute Gasteiger partial charge is 0.465 e. The second kappa shape index (κ2) is 7.97. The molecule has 0 saturated carbocycles. The molecule has 0 atom stereocenters. The zero-order chi connectivity index (χ0) is 18.5. The van der Waals surface area contributed by atoms with Gasteiger partial charge in [0.1, 0.15) is 10.6 Å². The zero-order valence-corrected chi connectivity index (χ0v) is 15.4. The number of anilines is 1. The Kier molecular flexibility index (Phi) is 5.49. The third-order valence-corrected chi connectivity index (χ3v) is 4.90. The number of hydrogen-bond acceptors (Lipinski definition) is 4. The van der Waals surface area contributed by atoms with E-state index in [4.69, 9.17) is 4.74 Å². The Morgan fingerprint density at radius 3 is 2.38 bits per heavy atom. The van der Waals surface area contributed by atoms with Gasteiger partial charge in [0.15, 0.2) is 0 Å². The number of methoxy groups -OCH3 is 1. The summed E-state index contributed by atoms with van der Waals surface area (Å²) in [6, 6.07) is 17.4. The number of carbonyl (C=O) groups is 2. The van der Waals surface area contributed by atoms with Gasteiger partial charge in [-0.3, -0.25) is 4.79 Å². The minimum atomic E-state index is -0.461. The average molecular weight is 365 g/mol. The van der Waals surface area contributed by atoms with Crippen molar-refractivity contribution in [3.63, 3.8) is 0 Å². The first kappa shape index (κ1) is 17.9. The quantitative estimate of drug-likeness (QED) is 0.667. The summed E-state index contributed by atoms with van der Waals surface area (Å²) in [5.41, 5.74) is 4.12. The molecule has 0 fully saturated rings. The second-order valence-electron chi connectivity index (χ2n) is 5.92. The molecule has 0 bridgehead atoms.